The maximum Gasteiger partial charge on any atom is 0.0760 e. The summed E-state index contributed by atoms with van der Waals surface area (Å²) in [5.41, 5.74) is 7.29. The van der Waals surface area contributed by atoms with Crippen LogP contribution in [-0.2, 0) is 0 Å². The number of pyridine rings is 1. The monoisotopic (exact) mass is 163 g/mol. The van der Waals surface area contributed by atoms with Crippen molar-refractivity contribution >= 4 is 11.4 Å². The van der Waals surface area contributed by atoms with E-state index in [0.29, 0.717) is 0 Å². The lowest BCUT2D eigenvalue weighted by Crippen LogP contribution is -2.03. The molecule has 3 N–H and O–H groups in total. The molecule has 0 aromatic carbocycles. The molecule has 0 atom stereocenters. The number of rotatable bonds is 4. The molecule has 64 valence electrons. The van der Waals surface area contributed by atoms with Crippen molar-refractivity contribution in [2.45, 2.75) is 6.42 Å². The molecule has 0 saturated carbocycles. The van der Waals surface area contributed by atoms with Gasteiger partial charge in [-0.1, -0.05) is 6.08 Å². The number of aromatic nitrogens is 1. The molecule has 0 bridgehead atoms. The highest BCUT2D eigenvalue weighted by Gasteiger charge is 1.94. The van der Waals surface area contributed by atoms with Gasteiger partial charge in [0, 0.05) is 12.7 Å². The summed E-state index contributed by atoms with van der Waals surface area (Å²) in [5, 5.41) is 3.16. The van der Waals surface area contributed by atoms with E-state index in [4.69, 9.17) is 5.73 Å². The molecule has 0 aliphatic rings. The Balaban J connectivity index is 2.51. The van der Waals surface area contributed by atoms with E-state index in [2.05, 4.69) is 16.9 Å². The van der Waals surface area contributed by atoms with E-state index in [-0.39, 0.29) is 0 Å². The second kappa shape index (κ2) is 4.38. The second-order valence-corrected chi connectivity index (χ2v) is 2.47. The third kappa shape index (κ3) is 2.27. The number of nitrogens with zero attached hydrogens (tertiary/aromatic N) is 1. The normalized spacial score (nSPS) is 9.33. The smallest absolute Gasteiger partial charge is 0.0760 e. The molecule has 0 aliphatic heterocycles. The van der Waals surface area contributed by atoms with E-state index >= 15 is 0 Å². The first-order chi connectivity index (χ1) is 5.84. The van der Waals surface area contributed by atoms with Crippen LogP contribution in [0.3, 0.4) is 0 Å². The number of nitrogens with one attached hydrogen (secondary N) is 1. The van der Waals surface area contributed by atoms with E-state index in [1.165, 1.54) is 0 Å². The van der Waals surface area contributed by atoms with Gasteiger partial charge < -0.3 is 11.1 Å². The molecule has 12 heavy (non-hydrogen) atoms. The summed E-state index contributed by atoms with van der Waals surface area (Å²) in [5.74, 6) is 0. The Morgan fingerprint density at radius 1 is 1.67 bits per heavy atom. The predicted octanol–water partition coefficient (Wildman–Crippen LogP) is 1.65. The molecule has 0 unspecified atom stereocenters. The van der Waals surface area contributed by atoms with E-state index in [9.17, 15) is 0 Å². The van der Waals surface area contributed by atoms with Crippen LogP contribution in [-0.4, -0.2) is 11.5 Å². The highest BCUT2D eigenvalue weighted by Crippen LogP contribution is 2.14. The number of hydrogen-bond acceptors (Lipinski definition) is 3. The minimum absolute atomic E-state index is 0.731. The number of hydrogen-bond donors (Lipinski definition) is 2. The fraction of sp³-hybridized carbons (Fsp3) is 0.222. The molecule has 0 fully saturated rings. The summed E-state index contributed by atoms with van der Waals surface area (Å²) < 4.78 is 0. The molecular weight excluding hydrogens is 150 g/mol. The van der Waals surface area contributed by atoms with Crippen LogP contribution in [0.1, 0.15) is 6.42 Å². The zero-order chi connectivity index (χ0) is 8.81. The van der Waals surface area contributed by atoms with Gasteiger partial charge in [-0.15, -0.1) is 6.58 Å². The molecule has 1 aromatic rings. The molecule has 0 amide bonds. The average molecular weight is 163 g/mol. The van der Waals surface area contributed by atoms with Crippen molar-refractivity contribution in [2.24, 2.45) is 0 Å². The van der Waals surface area contributed by atoms with Crippen molar-refractivity contribution in [2.75, 3.05) is 17.6 Å². The van der Waals surface area contributed by atoms with Crippen molar-refractivity contribution in [3.63, 3.8) is 0 Å². The lowest BCUT2D eigenvalue weighted by atomic mass is 10.3. The molecular formula is C9H13N3. The standard InChI is InChI=1S/C9H13N3/c1-2-3-5-12-9-7-11-6-4-8(9)10/h2,4,6-7,12H,1,3,5H2,(H2,10,11). The van der Waals surface area contributed by atoms with Crippen LogP contribution in [0, 0.1) is 0 Å². The Morgan fingerprint density at radius 3 is 3.17 bits per heavy atom. The molecule has 1 rings (SSSR count). The minimum Gasteiger partial charge on any atom is -0.397 e. The molecule has 3 nitrogen and oxygen atoms in total. The predicted molar refractivity (Wildman–Crippen MR) is 52.0 cm³/mol. The highest BCUT2D eigenvalue weighted by atomic mass is 14.9. The summed E-state index contributed by atoms with van der Waals surface area (Å²) in [4.78, 5) is 3.96. The zero-order valence-electron chi connectivity index (χ0n) is 6.96. The molecule has 1 heterocycles. The van der Waals surface area contributed by atoms with Gasteiger partial charge in [-0.25, -0.2) is 0 Å². The molecule has 0 spiro atoms. The fourth-order valence-electron chi connectivity index (χ4n) is 0.862. The summed E-state index contributed by atoms with van der Waals surface area (Å²) in [6.07, 6.45) is 6.18. The summed E-state index contributed by atoms with van der Waals surface area (Å²) in [7, 11) is 0. The summed E-state index contributed by atoms with van der Waals surface area (Å²) in [6, 6.07) is 1.77. The third-order valence-electron chi connectivity index (χ3n) is 1.52. The maximum atomic E-state index is 5.67. The van der Waals surface area contributed by atoms with E-state index < -0.39 is 0 Å². The SMILES string of the molecule is C=CCCNc1cnccc1N. The number of anilines is 2. The van der Waals surface area contributed by atoms with Crippen LogP contribution < -0.4 is 11.1 Å². The van der Waals surface area contributed by atoms with Gasteiger partial charge in [-0.3, -0.25) is 4.98 Å². The van der Waals surface area contributed by atoms with Crippen LogP contribution in [0.2, 0.25) is 0 Å². The first kappa shape index (κ1) is 8.59. The Bertz CT molecular complexity index is 258. The van der Waals surface area contributed by atoms with Gasteiger partial charge in [0.15, 0.2) is 0 Å². The largest absolute Gasteiger partial charge is 0.397 e. The molecule has 3 heteroatoms. The second-order valence-electron chi connectivity index (χ2n) is 2.47. The van der Waals surface area contributed by atoms with Crippen molar-refractivity contribution in [3.05, 3.63) is 31.1 Å². The van der Waals surface area contributed by atoms with E-state index in [1.807, 2.05) is 6.08 Å². The first-order valence-corrected chi connectivity index (χ1v) is 3.89. The summed E-state index contributed by atoms with van der Waals surface area (Å²) >= 11 is 0. The molecule has 0 aliphatic carbocycles. The van der Waals surface area contributed by atoms with Crippen LogP contribution >= 0.6 is 0 Å². The lowest BCUT2D eigenvalue weighted by molar-refractivity contribution is 1.07. The Labute approximate surface area is 72.3 Å². The van der Waals surface area contributed by atoms with Crippen molar-refractivity contribution in [1.29, 1.82) is 0 Å². The Morgan fingerprint density at radius 2 is 2.50 bits per heavy atom. The molecule has 0 radical (unpaired) electrons. The topological polar surface area (TPSA) is 50.9 Å². The van der Waals surface area contributed by atoms with Crippen LogP contribution in [0.15, 0.2) is 31.1 Å². The van der Waals surface area contributed by atoms with Crippen molar-refractivity contribution in [3.8, 4) is 0 Å². The Hall–Kier alpha value is -1.51. The van der Waals surface area contributed by atoms with Gasteiger partial charge in [-0.05, 0) is 12.5 Å². The van der Waals surface area contributed by atoms with Crippen LogP contribution in [0.4, 0.5) is 11.4 Å². The Kier molecular flexibility index (Phi) is 3.14. The minimum atomic E-state index is 0.731. The van der Waals surface area contributed by atoms with Crippen molar-refractivity contribution in [1.82, 2.24) is 4.98 Å². The van der Waals surface area contributed by atoms with Gasteiger partial charge in [0.2, 0.25) is 0 Å². The molecule has 1 aromatic heterocycles. The quantitative estimate of drug-likeness (QED) is 0.524. The van der Waals surface area contributed by atoms with Gasteiger partial charge in [0.1, 0.15) is 0 Å². The lowest BCUT2D eigenvalue weighted by Gasteiger charge is -2.05. The molecule has 0 saturated heterocycles. The highest BCUT2D eigenvalue weighted by molar-refractivity contribution is 5.63. The van der Waals surface area contributed by atoms with Crippen LogP contribution in [0.5, 0.6) is 0 Å². The van der Waals surface area contributed by atoms with E-state index in [1.54, 1.807) is 18.5 Å². The van der Waals surface area contributed by atoms with Gasteiger partial charge in [0.05, 0.1) is 17.6 Å². The maximum absolute atomic E-state index is 5.67. The van der Waals surface area contributed by atoms with Gasteiger partial charge in [0.25, 0.3) is 0 Å². The number of nitrogen functional groups attached to an aromatic ring is 1. The summed E-state index contributed by atoms with van der Waals surface area (Å²) in [6.45, 7) is 4.47. The number of nitrogens with two attached hydrogens (primary N) is 1. The van der Waals surface area contributed by atoms with Gasteiger partial charge >= 0.3 is 0 Å². The van der Waals surface area contributed by atoms with Gasteiger partial charge in [-0.2, -0.15) is 0 Å². The van der Waals surface area contributed by atoms with Crippen LogP contribution in [0.25, 0.3) is 0 Å². The third-order valence-corrected chi connectivity index (χ3v) is 1.52. The fourth-order valence-corrected chi connectivity index (χ4v) is 0.862. The average Bonchev–Trinajstić information content (AvgIpc) is 2.09. The zero-order valence-corrected chi connectivity index (χ0v) is 6.96. The van der Waals surface area contributed by atoms with Crippen molar-refractivity contribution < 1.29 is 0 Å². The van der Waals surface area contributed by atoms with E-state index in [0.717, 1.165) is 24.3 Å². The first-order valence-electron chi connectivity index (χ1n) is 3.89.